The minimum atomic E-state index is -0.487. The average Bonchev–Trinajstić information content (AvgIpc) is 2.90. The van der Waals surface area contributed by atoms with Crippen LogP contribution < -0.4 is 16.0 Å². The highest BCUT2D eigenvalue weighted by atomic mass is 19.1. The van der Waals surface area contributed by atoms with E-state index in [2.05, 4.69) is 16.0 Å². The summed E-state index contributed by atoms with van der Waals surface area (Å²) in [6.45, 7) is 0.983. The van der Waals surface area contributed by atoms with Crippen LogP contribution in [0.3, 0.4) is 0 Å². The lowest BCUT2D eigenvalue weighted by molar-refractivity contribution is -0.122. The molecular formula is C14H18FN3O3. The molecule has 1 aliphatic heterocycles. The van der Waals surface area contributed by atoms with E-state index in [1.165, 1.54) is 24.3 Å². The van der Waals surface area contributed by atoms with Gasteiger partial charge >= 0.3 is 0 Å². The van der Waals surface area contributed by atoms with Crippen LogP contribution in [0.5, 0.6) is 0 Å². The van der Waals surface area contributed by atoms with Crippen LogP contribution >= 0.6 is 0 Å². The van der Waals surface area contributed by atoms with E-state index in [0.29, 0.717) is 25.1 Å². The van der Waals surface area contributed by atoms with Crippen molar-refractivity contribution in [3.05, 3.63) is 35.6 Å². The second-order valence-electron chi connectivity index (χ2n) is 4.90. The van der Waals surface area contributed by atoms with Gasteiger partial charge in [0.05, 0.1) is 12.1 Å². The zero-order valence-electron chi connectivity index (χ0n) is 11.4. The van der Waals surface area contributed by atoms with E-state index in [0.717, 1.165) is 0 Å². The molecule has 2 amide bonds. The maximum absolute atomic E-state index is 12.7. The third kappa shape index (κ3) is 4.51. The van der Waals surface area contributed by atoms with Gasteiger partial charge in [0.25, 0.3) is 5.91 Å². The highest BCUT2D eigenvalue weighted by Crippen LogP contribution is 2.05. The second kappa shape index (κ2) is 7.14. The van der Waals surface area contributed by atoms with Crippen molar-refractivity contribution in [2.24, 2.45) is 0 Å². The normalized spacial score (nSPS) is 21.0. The minimum Gasteiger partial charge on any atom is -0.392 e. The zero-order chi connectivity index (χ0) is 15.2. The van der Waals surface area contributed by atoms with Crippen LogP contribution in [0.4, 0.5) is 4.39 Å². The summed E-state index contributed by atoms with van der Waals surface area (Å²) >= 11 is 0. The number of amides is 2. The van der Waals surface area contributed by atoms with Crippen molar-refractivity contribution in [1.82, 2.24) is 16.0 Å². The van der Waals surface area contributed by atoms with E-state index in [4.69, 9.17) is 0 Å². The topological polar surface area (TPSA) is 90.5 Å². The Hall–Kier alpha value is -1.99. The zero-order valence-corrected chi connectivity index (χ0v) is 11.4. The fourth-order valence-corrected chi connectivity index (χ4v) is 2.11. The standard InChI is InChI=1S/C14H18FN3O3/c15-10-3-1-9(2-4-10)13(20)16-5-6-17-14(21)12-7-11(19)8-18-12/h1-4,11-12,18-19H,5-8H2,(H,16,20)(H,17,21). The molecule has 1 saturated heterocycles. The maximum Gasteiger partial charge on any atom is 0.251 e. The van der Waals surface area contributed by atoms with E-state index in [1.54, 1.807) is 0 Å². The Morgan fingerprint density at radius 2 is 1.90 bits per heavy atom. The van der Waals surface area contributed by atoms with Gasteiger partial charge in [-0.05, 0) is 30.7 Å². The summed E-state index contributed by atoms with van der Waals surface area (Å²) in [4.78, 5) is 23.4. The van der Waals surface area contributed by atoms with E-state index in [9.17, 15) is 19.1 Å². The molecule has 1 heterocycles. The van der Waals surface area contributed by atoms with Crippen molar-refractivity contribution in [3.63, 3.8) is 0 Å². The fraction of sp³-hybridized carbons (Fsp3) is 0.429. The van der Waals surface area contributed by atoms with Crippen molar-refractivity contribution in [2.75, 3.05) is 19.6 Å². The van der Waals surface area contributed by atoms with Gasteiger partial charge in [-0.3, -0.25) is 9.59 Å². The highest BCUT2D eigenvalue weighted by Gasteiger charge is 2.27. The van der Waals surface area contributed by atoms with Gasteiger partial charge in [0, 0.05) is 25.2 Å². The smallest absolute Gasteiger partial charge is 0.251 e. The molecule has 7 heteroatoms. The number of hydrogen-bond donors (Lipinski definition) is 4. The summed E-state index contributed by atoms with van der Waals surface area (Å²) in [6.07, 6.45) is -0.0905. The molecule has 1 aromatic rings. The Labute approximate surface area is 121 Å². The summed E-state index contributed by atoms with van der Waals surface area (Å²) in [6, 6.07) is 4.84. The Morgan fingerprint density at radius 1 is 1.24 bits per heavy atom. The molecule has 0 aliphatic carbocycles. The number of aliphatic hydroxyl groups is 1. The summed E-state index contributed by atoms with van der Waals surface area (Å²) in [5.74, 6) is -0.911. The number of nitrogens with one attached hydrogen (secondary N) is 3. The van der Waals surface area contributed by atoms with E-state index in [1.807, 2.05) is 0 Å². The second-order valence-corrected chi connectivity index (χ2v) is 4.90. The molecule has 0 bridgehead atoms. The van der Waals surface area contributed by atoms with Crippen LogP contribution in [0, 0.1) is 5.82 Å². The summed E-state index contributed by atoms with van der Waals surface area (Å²) in [5.41, 5.74) is 0.364. The Balaban J connectivity index is 1.66. The van der Waals surface area contributed by atoms with Gasteiger partial charge in [0.1, 0.15) is 5.82 Å². The van der Waals surface area contributed by atoms with Crippen molar-refractivity contribution in [1.29, 1.82) is 0 Å². The van der Waals surface area contributed by atoms with Crippen LogP contribution in [0.15, 0.2) is 24.3 Å². The lowest BCUT2D eigenvalue weighted by Crippen LogP contribution is -2.43. The van der Waals surface area contributed by atoms with E-state index < -0.39 is 11.9 Å². The SMILES string of the molecule is O=C(NCCNC(=O)C1CC(O)CN1)c1ccc(F)cc1. The van der Waals surface area contributed by atoms with E-state index >= 15 is 0 Å². The molecule has 0 radical (unpaired) electrons. The summed E-state index contributed by atoms with van der Waals surface area (Å²) in [5, 5.41) is 17.5. The number of rotatable bonds is 5. The predicted octanol–water partition coefficient (Wildman–Crippen LogP) is -0.605. The molecular weight excluding hydrogens is 277 g/mol. The van der Waals surface area contributed by atoms with Crippen molar-refractivity contribution in [3.8, 4) is 0 Å². The molecule has 2 atom stereocenters. The number of β-amino-alcohol motifs (C(OH)–C–C–N with tert-alkyl or cyclic N) is 1. The molecule has 1 fully saturated rings. The minimum absolute atomic E-state index is 0.192. The maximum atomic E-state index is 12.7. The van der Waals surface area contributed by atoms with Crippen molar-refractivity contribution >= 4 is 11.8 Å². The third-order valence-corrected chi connectivity index (χ3v) is 3.24. The lowest BCUT2D eigenvalue weighted by atomic mass is 10.2. The first-order chi connectivity index (χ1) is 10.1. The molecule has 2 unspecified atom stereocenters. The fourth-order valence-electron chi connectivity index (χ4n) is 2.11. The van der Waals surface area contributed by atoms with Gasteiger partial charge in [-0.15, -0.1) is 0 Å². The van der Waals surface area contributed by atoms with Gasteiger partial charge in [-0.1, -0.05) is 0 Å². The monoisotopic (exact) mass is 295 g/mol. The Kier molecular flexibility index (Phi) is 5.24. The quantitative estimate of drug-likeness (QED) is 0.546. The highest BCUT2D eigenvalue weighted by molar-refractivity contribution is 5.94. The number of benzene rings is 1. The van der Waals surface area contributed by atoms with Crippen molar-refractivity contribution in [2.45, 2.75) is 18.6 Å². The molecule has 1 aliphatic rings. The largest absolute Gasteiger partial charge is 0.392 e. The molecule has 21 heavy (non-hydrogen) atoms. The third-order valence-electron chi connectivity index (χ3n) is 3.24. The first-order valence-corrected chi connectivity index (χ1v) is 6.79. The van der Waals surface area contributed by atoms with Crippen LogP contribution in [0.2, 0.25) is 0 Å². The molecule has 0 spiro atoms. The van der Waals surface area contributed by atoms with Crippen LogP contribution in [-0.2, 0) is 4.79 Å². The number of hydrogen-bond acceptors (Lipinski definition) is 4. The molecule has 0 aromatic heterocycles. The first-order valence-electron chi connectivity index (χ1n) is 6.79. The van der Waals surface area contributed by atoms with Gasteiger partial charge in [-0.2, -0.15) is 0 Å². The Bertz CT molecular complexity index is 507. The van der Waals surface area contributed by atoms with Gasteiger partial charge in [0.15, 0.2) is 0 Å². The molecule has 6 nitrogen and oxygen atoms in total. The molecule has 2 rings (SSSR count). The summed E-state index contributed by atoms with van der Waals surface area (Å²) in [7, 11) is 0. The van der Waals surface area contributed by atoms with Gasteiger partial charge in [0.2, 0.25) is 5.91 Å². The molecule has 0 saturated carbocycles. The van der Waals surface area contributed by atoms with Crippen molar-refractivity contribution < 1.29 is 19.1 Å². The van der Waals surface area contributed by atoms with Gasteiger partial charge in [-0.25, -0.2) is 4.39 Å². The van der Waals surface area contributed by atoms with Crippen LogP contribution in [0.1, 0.15) is 16.8 Å². The van der Waals surface area contributed by atoms with Gasteiger partial charge < -0.3 is 21.1 Å². The average molecular weight is 295 g/mol. The first kappa shape index (κ1) is 15.4. The number of aliphatic hydroxyl groups excluding tert-OH is 1. The lowest BCUT2D eigenvalue weighted by Gasteiger charge is -2.11. The summed E-state index contributed by atoms with van der Waals surface area (Å²) < 4.78 is 12.7. The number of halogens is 1. The molecule has 1 aromatic carbocycles. The van der Waals surface area contributed by atoms with E-state index in [-0.39, 0.29) is 24.4 Å². The predicted molar refractivity (Wildman–Crippen MR) is 74.2 cm³/mol. The van der Waals surface area contributed by atoms with Crippen LogP contribution in [0.25, 0.3) is 0 Å². The number of carbonyl (C=O) groups excluding carboxylic acids is 2. The van der Waals surface area contributed by atoms with Crippen LogP contribution in [-0.4, -0.2) is 48.7 Å². The number of carbonyl (C=O) groups is 2. The molecule has 4 N–H and O–H groups in total. The molecule has 114 valence electrons. The Morgan fingerprint density at radius 3 is 2.52 bits per heavy atom.